The van der Waals surface area contributed by atoms with Gasteiger partial charge in [0.15, 0.2) is 0 Å². The number of fused-ring (bicyclic) bond motifs is 1. The van der Waals surface area contributed by atoms with Crippen molar-refractivity contribution in [3.05, 3.63) is 65.9 Å². The third kappa shape index (κ3) is 5.55. The lowest BCUT2D eigenvalue weighted by Gasteiger charge is -2.09. The summed E-state index contributed by atoms with van der Waals surface area (Å²) < 4.78 is 18.7. The van der Waals surface area contributed by atoms with E-state index in [0.717, 1.165) is 16.5 Å². The summed E-state index contributed by atoms with van der Waals surface area (Å²) in [6.45, 7) is 2.50. The largest absolute Gasteiger partial charge is 0.494 e. The molecule has 3 rings (SSSR count). The Kier molecular flexibility index (Phi) is 6.35. The van der Waals surface area contributed by atoms with Gasteiger partial charge in [-0.15, -0.1) is 0 Å². The van der Waals surface area contributed by atoms with Crippen LogP contribution in [0.2, 0.25) is 0 Å². The first-order chi connectivity index (χ1) is 13.3. The highest BCUT2D eigenvalue weighted by molar-refractivity contribution is 7.51. The molecule has 0 aliphatic rings. The van der Waals surface area contributed by atoms with E-state index in [-0.39, 0.29) is 25.0 Å². The summed E-state index contributed by atoms with van der Waals surface area (Å²) in [5, 5.41) is 0.957. The standard InChI is InChI=1S/C21H24NO5P/c1-16(23)12-18-15-22(14-17-6-3-2-4-7-17)21-9-8-19(13-20(18)21)27-10-5-11-28(24,25)26/h2-4,6-9,13,15H,5,10-12,14H2,1H3,(H2,24,25,26). The molecule has 1 aromatic heterocycles. The molecule has 0 amide bonds. The first kappa shape index (κ1) is 20.3. The SMILES string of the molecule is CC(=O)Cc1cn(Cc2ccccc2)c2ccc(OCCCP(=O)(O)O)cc12. The van der Waals surface area contributed by atoms with Crippen LogP contribution in [-0.2, 0) is 22.3 Å². The van der Waals surface area contributed by atoms with Crippen molar-refractivity contribution in [1.82, 2.24) is 4.57 Å². The van der Waals surface area contributed by atoms with Crippen molar-refractivity contribution in [1.29, 1.82) is 0 Å². The number of benzene rings is 2. The lowest BCUT2D eigenvalue weighted by atomic mass is 10.1. The molecule has 28 heavy (non-hydrogen) atoms. The van der Waals surface area contributed by atoms with Crippen LogP contribution in [0.1, 0.15) is 24.5 Å². The van der Waals surface area contributed by atoms with Gasteiger partial charge in [-0.3, -0.25) is 9.36 Å². The zero-order valence-corrected chi connectivity index (χ0v) is 16.6. The predicted octanol–water partition coefficient (Wildman–Crippen LogP) is 3.77. The Labute approximate surface area is 163 Å². The van der Waals surface area contributed by atoms with Crippen molar-refractivity contribution < 1.29 is 23.9 Å². The second-order valence-corrected chi connectivity index (χ2v) is 8.69. The van der Waals surface area contributed by atoms with Crippen LogP contribution in [0.4, 0.5) is 0 Å². The summed E-state index contributed by atoms with van der Waals surface area (Å²) in [5.41, 5.74) is 3.13. The fourth-order valence-electron chi connectivity index (χ4n) is 3.22. The smallest absolute Gasteiger partial charge is 0.325 e. The number of rotatable bonds is 9. The minimum absolute atomic E-state index is 0.0896. The zero-order chi connectivity index (χ0) is 20.1. The summed E-state index contributed by atoms with van der Waals surface area (Å²) in [6.07, 6.45) is 2.44. The number of hydrogen-bond acceptors (Lipinski definition) is 3. The molecule has 1 heterocycles. The Hall–Kier alpha value is -2.40. The van der Waals surface area contributed by atoms with E-state index in [0.29, 0.717) is 18.7 Å². The fourth-order valence-corrected chi connectivity index (χ4v) is 3.76. The highest BCUT2D eigenvalue weighted by Gasteiger charge is 2.14. The topological polar surface area (TPSA) is 88.8 Å². The number of ketones is 1. The molecule has 2 aromatic carbocycles. The van der Waals surface area contributed by atoms with Gasteiger partial charge in [0.05, 0.1) is 12.8 Å². The number of carbonyl (C=O) groups excluding carboxylic acids is 1. The Balaban J connectivity index is 1.83. The van der Waals surface area contributed by atoms with Crippen molar-refractivity contribution in [2.45, 2.75) is 26.3 Å². The minimum atomic E-state index is -4.00. The summed E-state index contributed by atoms with van der Waals surface area (Å²) in [7, 11) is -4.00. The number of Topliss-reactive ketones (excluding diaryl/α,β-unsaturated/α-hetero) is 1. The van der Waals surface area contributed by atoms with Gasteiger partial charge in [-0.1, -0.05) is 30.3 Å². The molecule has 0 saturated heterocycles. The average molecular weight is 401 g/mol. The van der Waals surface area contributed by atoms with E-state index in [4.69, 9.17) is 14.5 Å². The van der Waals surface area contributed by atoms with Gasteiger partial charge in [0.25, 0.3) is 0 Å². The molecule has 0 atom stereocenters. The van der Waals surface area contributed by atoms with Gasteiger partial charge in [0, 0.05) is 30.1 Å². The maximum absolute atomic E-state index is 11.7. The van der Waals surface area contributed by atoms with Crippen molar-refractivity contribution >= 4 is 24.3 Å². The van der Waals surface area contributed by atoms with Crippen LogP contribution in [-0.4, -0.2) is 32.9 Å². The van der Waals surface area contributed by atoms with Gasteiger partial charge in [0.2, 0.25) is 0 Å². The van der Waals surface area contributed by atoms with E-state index in [2.05, 4.69) is 16.7 Å². The molecule has 0 radical (unpaired) electrons. The molecule has 2 N–H and O–H groups in total. The van der Waals surface area contributed by atoms with Crippen LogP contribution in [0.5, 0.6) is 5.75 Å². The van der Waals surface area contributed by atoms with E-state index >= 15 is 0 Å². The monoisotopic (exact) mass is 401 g/mol. The predicted molar refractivity (Wildman–Crippen MR) is 109 cm³/mol. The van der Waals surface area contributed by atoms with Crippen LogP contribution in [0, 0.1) is 0 Å². The lowest BCUT2D eigenvalue weighted by Crippen LogP contribution is -2.01. The normalized spacial score (nSPS) is 11.7. The van der Waals surface area contributed by atoms with Crippen LogP contribution in [0.15, 0.2) is 54.7 Å². The van der Waals surface area contributed by atoms with E-state index < -0.39 is 7.60 Å². The molecular weight excluding hydrogens is 377 g/mol. The van der Waals surface area contributed by atoms with Crippen molar-refractivity contribution in [3.63, 3.8) is 0 Å². The van der Waals surface area contributed by atoms with Crippen LogP contribution in [0.25, 0.3) is 10.9 Å². The molecule has 0 unspecified atom stereocenters. The third-order valence-electron chi connectivity index (χ3n) is 4.43. The van der Waals surface area contributed by atoms with Crippen molar-refractivity contribution in [3.8, 4) is 5.75 Å². The molecule has 148 valence electrons. The molecule has 0 fully saturated rings. The highest BCUT2D eigenvalue weighted by Crippen LogP contribution is 2.35. The Morgan fingerprint density at radius 3 is 2.57 bits per heavy atom. The minimum Gasteiger partial charge on any atom is -0.494 e. The first-order valence-corrected chi connectivity index (χ1v) is 10.9. The maximum Gasteiger partial charge on any atom is 0.325 e. The average Bonchev–Trinajstić information content (AvgIpc) is 2.95. The zero-order valence-electron chi connectivity index (χ0n) is 15.7. The lowest BCUT2D eigenvalue weighted by molar-refractivity contribution is -0.116. The third-order valence-corrected chi connectivity index (χ3v) is 5.33. The van der Waals surface area contributed by atoms with Crippen molar-refractivity contribution in [2.75, 3.05) is 12.8 Å². The van der Waals surface area contributed by atoms with Gasteiger partial charge in [0.1, 0.15) is 11.5 Å². The second kappa shape index (κ2) is 8.74. The molecule has 6 nitrogen and oxygen atoms in total. The number of hydrogen-bond donors (Lipinski definition) is 2. The van der Waals surface area contributed by atoms with Gasteiger partial charge in [-0.25, -0.2) is 0 Å². The Morgan fingerprint density at radius 2 is 1.89 bits per heavy atom. The fraction of sp³-hybridized carbons (Fsp3) is 0.286. The van der Waals surface area contributed by atoms with E-state index in [9.17, 15) is 9.36 Å². The molecular formula is C21H24NO5P. The van der Waals surface area contributed by atoms with E-state index in [1.54, 1.807) is 6.92 Å². The van der Waals surface area contributed by atoms with E-state index in [1.807, 2.05) is 42.6 Å². The number of carbonyl (C=O) groups is 1. The van der Waals surface area contributed by atoms with Gasteiger partial charge < -0.3 is 19.1 Å². The van der Waals surface area contributed by atoms with E-state index in [1.165, 1.54) is 5.56 Å². The number of nitrogens with zero attached hydrogens (tertiary/aromatic N) is 1. The molecule has 0 saturated carbocycles. The van der Waals surface area contributed by atoms with Crippen LogP contribution >= 0.6 is 7.60 Å². The van der Waals surface area contributed by atoms with Crippen LogP contribution < -0.4 is 4.74 Å². The maximum atomic E-state index is 11.7. The van der Waals surface area contributed by atoms with Crippen LogP contribution in [0.3, 0.4) is 0 Å². The van der Waals surface area contributed by atoms with Gasteiger partial charge in [-0.05, 0) is 42.7 Å². The molecule has 0 aliphatic heterocycles. The Morgan fingerprint density at radius 1 is 1.14 bits per heavy atom. The van der Waals surface area contributed by atoms with Gasteiger partial charge in [-0.2, -0.15) is 0 Å². The van der Waals surface area contributed by atoms with Crippen molar-refractivity contribution in [2.24, 2.45) is 0 Å². The number of ether oxygens (including phenoxy) is 1. The summed E-state index contributed by atoms with van der Waals surface area (Å²) >= 11 is 0. The molecule has 3 aromatic rings. The first-order valence-electron chi connectivity index (χ1n) is 9.14. The molecule has 0 spiro atoms. The Bertz CT molecular complexity index is 1010. The molecule has 0 bridgehead atoms. The second-order valence-electron chi connectivity index (χ2n) is 6.92. The molecule has 0 aliphatic carbocycles. The summed E-state index contributed by atoms with van der Waals surface area (Å²) in [6, 6.07) is 15.8. The quantitative estimate of drug-likeness (QED) is 0.421. The highest BCUT2D eigenvalue weighted by atomic mass is 31.2. The molecule has 7 heteroatoms. The summed E-state index contributed by atoms with van der Waals surface area (Å²) in [4.78, 5) is 29.5. The van der Waals surface area contributed by atoms with Gasteiger partial charge >= 0.3 is 7.60 Å². The number of aromatic nitrogens is 1. The summed E-state index contributed by atoms with van der Waals surface area (Å²) in [5.74, 6) is 0.715.